The van der Waals surface area contributed by atoms with Crippen molar-refractivity contribution in [1.29, 1.82) is 0 Å². The van der Waals surface area contributed by atoms with E-state index in [1.54, 1.807) is 83.3 Å². The molecule has 0 saturated heterocycles. The molecule has 23 nitrogen and oxygen atoms in total. The number of rotatable bonds is 33. The lowest BCUT2D eigenvalue weighted by atomic mass is 9.96. The highest BCUT2D eigenvalue weighted by Crippen LogP contribution is 2.21. The van der Waals surface area contributed by atoms with Crippen molar-refractivity contribution in [2.24, 2.45) is 29.4 Å². The van der Waals surface area contributed by atoms with Crippen LogP contribution in [0.1, 0.15) is 105 Å². The summed E-state index contributed by atoms with van der Waals surface area (Å²) in [6.45, 7) is 14.6. The number of nitrogens with one attached hydrogen (secondary N) is 10. The van der Waals surface area contributed by atoms with Gasteiger partial charge in [0.15, 0.2) is 0 Å². The van der Waals surface area contributed by atoms with E-state index in [1.807, 2.05) is 45.0 Å². The summed E-state index contributed by atoms with van der Waals surface area (Å²) in [7, 11) is 0. The molecule has 4 rings (SSSR count). The maximum absolute atomic E-state index is 14.6. The molecular formula is C60H85N11O12. The van der Waals surface area contributed by atoms with Gasteiger partial charge >= 0.3 is 5.97 Å². The van der Waals surface area contributed by atoms with E-state index in [-0.39, 0.29) is 49.7 Å². The van der Waals surface area contributed by atoms with Gasteiger partial charge < -0.3 is 68.8 Å². The smallest absolute Gasteiger partial charge is 0.326 e. The minimum atomic E-state index is -1.29. The molecule has 0 unspecified atom stereocenters. The van der Waals surface area contributed by atoms with Gasteiger partial charge in [0.2, 0.25) is 53.2 Å². The standard InChI is InChI=1S/C60H85N11O12/c1-10-35(7)51(58(80)65-37(9)53(75)63-31-50(74)67-48(60(82)83)26-34(5)6)71-57(79)46(28-38-17-13-12-14-18-38)66-49(73)32-64-55(77)45(25-33(3)4)68-56(78)47(29-40-30-62-44-20-16-15-19-42(40)44)69-59(81)52(36(8)11-2)70-54(76)43(61)27-39-21-23-41(72)24-22-39/h12-24,30,33-37,43,45-48,51-52,62,72H,10-11,25-29,31-32,61H2,1-9H3,(H,63,75)(H,64,77)(H,65,80)(H,66,73)(H,67,74)(H,68,78)(H,69,81)(H,70,76)(H,71,79)(H,82,83)/t35-,36-,37-,43-,45-,46-,47-,48-,51-,52-/m0/s1. The highest BCUT2D eigenvalue weighted by atomic mass is 16.4. The third-order valence-electron chi connectivity index (χ3n) is 14.3. The van der Waals surface area contributed by atoms with Crippen LogP contribution in [0.3, 0.4) is 0 Å². The SMILES string of the molecule is CC[C@H](C)[C@H](NC(=O)[C@H](Cc1ccccc1)NC(=O)CNC(=O)[C@H](CC(C)C)NC(=O)[C@H](Cc1c[nH]c2ccccc12)NC(=O)[C@@H](NC(=O)[C@@H](N)Cc1ccc(O)cc1)[C@@H](C)CC)C(=O)N[C@@H](C)C(=O)NCC(=O)N[C@@H](CC(C)C)C(=O)O. The Morgan fingerprint density at radius 2 is 0.976 bits per heavy atom. The van der Waals surface area contributed by atoms with Crippen LogP contribution in [0.15, 0.2) is 85.1 Å². The maximum Gasteiger partial charge on any atom is 0.326 e. The van der Waals surface area contributed by atoms with Gasteiger partial charge in [-0.15, -0.1) is 0 Å². The second kappa shape index (κ2) is 32.9. The van der Waals surface area contributed by atoms with Crippen LogP contribution in [0.4, 0.5) is 0 Å². The second-order valence-electron chi connectivity index (χ2n) is 22.1. The predicted octanol–water partition coefficient (Wildman–Crippen LogP) is 2.14. The number of phenols is 1. The Morgan fingerprint density at radius 3 is 1.55 bits per heavy atom. The molecule has 0 aliphatic heterocycles. The highest BCUT2D eigenvalue weighted by Gasteiger charge is 2.35. The summed E-state index contributed by atoms with van der Waals surface area (Å²) in [4.78, 5) is 139. The number of phenolic OH excluding ortho intramolecular Hbond substituents is 1. The third-order valence-corrected chi connectivity index (χ3v) is 14.3. The molecule has 452 valence electrons. The number of carboxylic acids is 1. The van der Waals surface area contributed by atoms with Crippen LogP contribution >= 0.6 is 0 Å². The van der Waals surface area contributed by atoms with Crippen LogP contribution in [0.5, 0.6) is 5.75 Å². The van der Waals surface area contributed by atoms with E-state index < -0.39 is 132 Å². The van der Waals surface area contributed by atoms with Crippen LogP contribution in [-0.2, 0) is 67.2 Å². The summed E-state index contributed by atoms with van der Waals surface area (Å²) < 4.78 is 0. The number of H-pyrrole nitrogens is 1. The van der Waals surface area contributed by atoms with Gasteiger partial charge in [0.1, 0.15) is 48.0 Å². The molecule has 83 heavy (non-hydrogen) atoms. The summed E-state index contributed by atoms with van der Waals surface area (Å²) in [6, 6.07) is 12.8. The van der Waals surface area contributed by atoms with Crippen molar-refractivity contribution in [3.63, 3.8) is 0 Å². The molecule has 0 spiro atoms. The number of hydrogen-bond acceptors (Lipinski definition) is 12. The summed E-state index contributed by atoms with van der Waals surface area (Å²) in [5.41, 5.74) is 9.10. The summed E-state index contributed by atoms with van der Waals surface area (Å²) >= 11 is 0. The average molecular weight is 1150 g/mol. The monoisotopic (exact) mass is 1150 g/mol. The van der Waals surface area contributed by atoms with Gasteiger partial charge in [-0.25, -0.2) is 4.79 Å². The Bertz CT molecular complexity index is 2840. The summed E-state index contributed by atoms with van der Waals surface area (Å²) in [5.74, 6) is -8.75. The molecule has 0 radical (unpaired) electrons. The molecule has 1 aromatic heterocycles. The minimum absolute atomic E-state index is 0.0288. The molecule has 14 N–H and O–H groups in total. The quantitative estimate of drug-likeness (QED) is 0.0326. The Labute approximate surface area is 485 Å². The van der Waals surface area contributed by atoms with Crippen molar-refractivity contribution < 1.29 is 58.2 Å². The van der Waals surface area contributed by atoms with E-state index in [0.29, 0.717) is 29.5 Å². The van der Waals surface area contributed by atoms with E-state index >= 15 is 0 Å². The number of aromatic nitrogens is 1. The molecule has 3 aromatic carbocycles. The van der Waals surface area contributed by atoms with Crippen LogP contribution < -0.4 is 53.6 Å². The number of carboxylic acid groups (broad SMARTS) is 1. The van der Waals surface area contributed by atoms with E-state index in [9.17, 15) is 58.2 Å². The van der Waals surface area contributed by atoms with E-state index in [4.69, 9.17) is 5.73 Å². The number of benzene rings is 3. The van der Waals surface area contributed by atoms with Gasteiger partial charge in [0.05, 0.1) is 19.1 Å². The van der Waals surface area contributed by atoms with Gasteiger partial charge in [-0.05, 0) is 84.7 Å². The number of carbonyl (C=O) groups excluding carboxylic acids is 9. The lowest BCUT2D eigenvalue weighted by Crippen LogP contribution is -2.60. The van der Waals surface area contributed by atoms with Gasteiger partial charge in [-0.1, -0.05) is 129 Å². The number of aromatic hydroxyl groups is 1. The molecule has 0 fully saturated rings. The number of hydrogen-bond donors (Lipinski definition) is 13. The number of carbonyl (C=O) groups is 10. The van der Waals surface area contributed by atoms with Crippen LogP contribution in [0, 0.1) is 23.7 Å². The zero-order valence-electron chi connectivity index (χ0n) is 48.9. The Balaban J connectivity index is 1.49. The van der Waals surface area contributed by atoms with Crippen LogP contribution in [0.25, 0.3) is 10.9 Å². The molecule has 0 aliphatic carbocycles. The first kappa shape index (κ1) is 67.2. The van der Waals surface area contributed by atoms with Crippen molar-refractivity contribution in [2.75, 3.05) is 13.1 Å². The molecule has 0 saturated carbocycles. The fourth-order valence-electron chi connectivity index (χ4n) is 9.09. The molecule has 9 amide bonds. The first-order valence-electron chi connectivity index (χ1n) is 28.3. The highest BCUT2D eigenvalue weighted by molar-refractivity contribution is 5.98. The zero-order valence-corrected chi connectivity index (χ0v) is 48.9. The second-order valence-corrected chi connectivity index (χ2v) is 22.1. The fourth-order valence-corrected chi connectivity index (χ4v) is 9.09. The van der Waals surface area contributed by atoms with Gasteiger partial charge in [0, 0.05) is 29.9 Å². The molecule has 0 bridgehead atoms. The van der Waals surface area contributed by atoms with Crippen molar-refractivity contribution in [3.8, 4) is 5.75 Å². The minimum Gasteiger partial charge on any atom is -0.508 e. The number of nitrogens with two attached hydrogens (primary N) is 1. The van der Waals surface area contributed by atoms with E-state index in [2.05, 4.69) is 52.8 Å². The van der Waals surface area contributed by atoms with Gasteiger partial charge in [-0.2, -0.15) is 0 Å². The molecule has 1 heterocycles. The van der Waals surface area contributed by atoms with Crippen molar-refractivity contribution in [1.82, 2.24) is 52.8 Å². The Kier molecular flexibility index (Phi) is 26.7. The number of aromatic amines is 1. The van der Waals surface area contributed by atoms with Gasteiger partial charge in [-0.3, -0.25) is 43.2 Å². The first-order chi connectivity index (χ1) is 39.3. The Hall–Kier alpha value is -8.34. The predicted molar refractivity (Wildman–Crippen MR) is 313 cm³/mol. The first-order valence-corrected chi connectivity index (χ1v) is 28.3. The molecular weight excluding hydrogens is 1070 g/mol. The van der Waals surface area contributed by atoms with Crippen molar-refractivity contribution >= 4 is 70.0 Å². The molecule has 0 aliphatic rings. The average Bonchev–Trinajstić information content (AvgIpc) is 3.98. The number of aliphatic carboxylic acids is 1. The normalized spacial score (nSPS) is 14.9. The lowest BCUT2D eigenvalue weighted by molar-refractivity contribution is -0.142. The van der Waals surface area contributed by atoms with Gasteiger partial charge in [0.25, 0.3) is 0 Å². The van der Waals surface area contributed by atoms with Crippen molar-refractivity contribution in [3.05, 3.63) is 102 Å². The topological polar surface area (TPSA) is 361 Å². The Morgan fingerprint density at radius 1 is 0.494 bits per heavy atom. The number of fused-ring (bicyclic) bond motifs is 1. The van der Waals surface area contributed by atoms with E-state index in [0.717, 1.165) is 10.9 Å². The lowest BCUT2D eigenvalue weighted by Gasteiger charge is -2.29. The van der Waals surface area contributed by atoms with Crippen LogP contribution in [0.2, 0.25) is 0 Å². The van der Waals surface area contributed by atoms with Crippen molar-refractivity contribution in [2.45, 2.75) is 156 Å². The zero-order chi connectivity index (χ0) is 61.5. The molecule has 4 aromatic rings. The molecule has 10 atom stereocenters. The fraction of sp³-hybridized carbons (Fsp3) is 0.500. The number of para-hydroxylation sites is 1. The summed E-state index contributed by atoms with van der Waals surface area (Å²) in [5, 5.41) is 43.7. The largest absolute Gasteiger partial charge is 0.508 e. The van der Waals surface area contributed by atoms with Crippen LogP contribution in [-0.4, -0.2) is 136 Å². The third kappa shape index (κ3) is 21.8. The summed E-state index contributed by atoms with van der Waals surface area (Å²) in [6.07, 6.45) is 2.92. The maximum atomic E-state index is 14.6. The molecule has 23 heteroatoms. The van der Waals surface area contributed by atoms with E-state index in [1.165, 1.54) is 19.1 Å². The number of amides is 9.